The zero-order chi connectivity index (χ0) is 24.3. The van der Waals surface area contributed by atoms with Crippen molar-refractivity contribution in [2.75, 3.05) is 6.54 Å². The summed E-state index contributed by atoms with van der Waals surface area (Å²) in [4.78, 5) is 19.7. The molecule has 1 fully saturated rings. The third-order valence-corrected chi connectivity index (χ3v) is 7.66. The van der Waals surface area contributed by atoms with Gasteiger partial charge in [0.25, 0.3) is 5.91 Å². The Balaban J connectivity index is 1.40. The van der Waals surface area contributed by atoms with Crippen molar-refractivity contribution in [3.63, 3.8) is 0 Å². The van der Waals surface area contributed by atoms with Gasteiger partial charge >= 0.3 is 0 Å². The second kappa shape index (κ2) is 9.68. The number of rotatable bonds is 6. The highest BCUT2D eigenvalue weighted by Crippen LogP contribution is 2.32. The van der Waals surface area contributed by atoms with Gasteiger partial charge in [-0.25, -0.2) is 13.1 Å². The Morgan fingerprint density at radius 1 is 1.03 bits per heavy atom. The van der Waals surface area contributed by atoms with Crippen LogP contribution in [0, 0.1) is 0 Å². The molecule has 1 unspecified atom stereocenters. The highest BCUT2D eigenvalue weighted by atomic mass is 32.2. The van der Waals surface area contributed by atoms with Crippen LogP contribution in [-0.2, 0) is 22.0 Å². The third kappa shape index (κ3) is 5.37. The molecule has 1 aromatic heterocycles. The van der Waals surface area contributed by atoms with Crippen molar-refractivity contribution in [3.8, 4) is 0 Å². The van der Waals surface area contributed by atoms with Gasteiger partial charge in [-0.1, -0.05) is 51.1 Å². The van der Waals surface area contributed by atoms with Gasteiger partial charge in [-0.15, -0.1) is 0 Å². The number of sulfonamides is 1. The van der Waals surface area contributed by atoms with E-state index in [1.165, 1.54) is 0 Å². The van der Waals surface area contributed by atoms with Gasteiger partial charge in [-0.2, -0.15) is 0 Å². The fraction of sp³-hybridized carbons (Fsp3) is 0.333. The van der Waals surface area contributed by atoms with E-state index in [1.54, 1.807) is 42.6 Å². The number of aromatic nitrogens is 1. The van der Waals surface area contributed by atoms with E-state index >= 15 is 0 Å². The van der Waals surface area contributed by atoms with E-state index in [0.29, 0.717) is 12.1 Å². The minimum atomic E-state index is -3.63. The number of benzene rings is 2. The third-order valence-electron chi connectivity index (χ3n) is 6.24. The molecule has 4 rings (SSSR count). The van der Waals surface area contributed by atoms with Gasteiger partial charge < -0.3 is 4.90 Å². The lowest BCUT2D eigenvalue weighted by atomic mass is 9.87. The monoisotopic (exact) mass is 477 g/mol. The molecule has 1 amide bonds. The van der Waals surface area contributed by atoms with Crippen LogP contribution >= 0.6 is 0 Å². The van der Waals surface area contributed by atoms with Crippen LogP contribution in [0.25, 0.3) is 0 Å². The summed E-state index contributed by atoms with van der Waals surface area (Å²) in [6.45, 7) is 7.12. The minimum Gasteiger partial charge on any atom is -0.330 e. The maximum Gasteiger partial charge on any atom is 0.254 e. The first kappa shape index (κ1) is 24.1. The first-order chi connectivity index (χ1) is 16.1. The van der Waals surface area contributed by atoms with Gasteiger partial charge in [0.05, 0.1) is 16.6 Å². The number of carbonyl (C=O) groups is 1. The van der Waals surface area contributed by atoms with Crippen LogP contribution in [0.2, 0.25) is 0 Å². The first-order valence-corrected chi connectivity index (χ1v) is 13.0. The predicted molar refractivity (Wildman–Crippen MR) is 133 cm³/mol. The van der Waals surface area contributed by atoms with Gasteiger partial charge in [-0.05, 0) is 65.8 Å². The lowest BCUT2D eigenvalue weighted by Crippen LogP contribution is -2.31. The molecular formula is C27H31N3O3S. The average Bonchev–Trinajstić information content (AvgIpc) is 3.33. The van der Waals surface area contributed by atoms with Gasteiger partial charge in [-0.3, -0.25) is 9.78 Å². The lowest BCUT2D eigenvalue weighted by Gasteiger charge is -2.24. The summed E-state index contributed by atoms with van der Waals surface area (Å²) in [5.41, 5.74) is 3.33. The summed E-state index contributed by atoms with van der Waals surface area (Å²) in [5.74, 6) is -0.0285. The van der Waals surface area contributed by atoms with Crippen molar-refractivity contribution in [1.82, 2.24) is 14.6 Å². The van der Waals surface area contributed by atoms with Crippen LogP contribution in [0.5, 0.6) is 0 Å². The molecule has 0 saturated carbocycles. The number of amides is 1. The molecule has 0 spiro atoms. The van der Waals surface area contributed by atoms with Crippen molar-refractivity contribution in [2.45, 2.75) is 56.5 Å². The molecule has 1 saturated heterocycles. The SMILES string of the molecule is CC(C)(C)c1ccc(S(=O)(=O)NCc2ccc(C(=O)N3CCCC3c3ccccn3)cc2)cc1. The first-order valence-electron chi connectivity index (χ1n) is 11.6. The number of nitrogens with one attached hydrogen (secondary N) is 1. The second-order valence-electron chi connectivity index (χ2n) is 9.71. The largest absolute Gasteiger partial charge is 0.330 e. The van der Waals surface area contributed by atoms with Crippen LogP contribution in [0.3, 0.4) is 0 Å². The van der Waals surface area contributed by atoms with E-state index in [0.717, 1.165) is 29.7 Å². The highest BCUT2D eigenvalue weighted by Gasteiger charge is 2.31. The molecule has 1 aliphatic rings. The fourth-order valence-corrected chi connectivity index (χ4v) is 5.23. The molecule has 6 nitrogen and oxygen atoms in total. The van der Waals surface area contributed by atoms with Crippen LogP contribution in [0.4, 0.5) is 0 Å². The zero-order valence-corrected chi connectivity index (χ0v) is 20.7. The van der Waals surface area contributed by atoms with Crippen LogP contribution in [0.15, 0.2) is 77.8 Å². The molecule has 2 heterocycles. The average molecular weight is 478 g/mol. The Morgan fingerprint density at radius 2 is 1.74 bits per heavy atom. The van der Waals surface area contributed by atoms with Crippen LogP contribution < -0.4 is 4.72 Å². The summed E-state index contributed by atoms with van der Waals surface area (Å²) < 4.78 is 28.1. The number of carbonyl (C=O) groups excluding carboxylic acids is 1. The summed E-state index contributed by atoms with van der Waals surface area (Å²) in [7, 11) is -3.63. The van der Waals surface area contributed by atoms with E-state index in [1.807, 2.05) is 35.2 Å². The quantitative estimate of drug-likeness (QED) is 0.551. The van der Waals surface area contributed by atoms with Crippen molar-refractivity contribution in [1.29, 1.82) is 0 Å². The van der Waals surface area contributed by atoms with Gasteiger partial charge in [0.15, 0.2) is 0 Å². The van der Waals surface area contributed by atoms with Crippen LogP contribution in [0.1, 0.15) is 66.8 Å². The number of hydrogen-bond donors (Lipinski definition) is 1. The molecule has 0 aliphatic carbocycles. The van der Waals surface area contributed by atoms with Gasteiger partial charge in [0, 0.05) is 24.8 Å². The number of likely N-dealkylation sites (tertiary alicyclic amines) is 1. The van der Waals surface area contributed by atoms with Crippen molar-refractivity contribution in [2.24, 2.45) is 0 Å². The van der Waals surface area contributed by atoms with Gasteiger partial charge in [0.2, 0.25) is 10.0 Å². The van der Waals surface area contributed by atoms with Crippen molar-refractivity contribution in [3.05, 3.63) is 95.3 Å². The summed E-state index contributed by atoms with van der Waals surface area (Å²) in [5, 5.41) is 0. The molecule has 1 atom stereocenters. The Hall–Kier alpha value is -3.03. The van der Waals surface area contributed by atoms with E-state index in [9.17, 15) is 13.2 Å². The molecule has 0 radical (unpaired) electrons. The summed E-state index contributed by atoms with van der Waals surface area (Å²) in [6.07, 6.45) is 3.61. The molecule has 0 bridgehead atoms. The van der Waals surface area contributed by atoms with E-state index < -0.39 is 10.0 Å². The Bertz CT molecular complexity index is 1230. The molecule has 34 heavy (non-hydrogen) atoms. The molecule has 7 heteroatoms. The topological polar surface area (TPSA) is 79.4 Å². The molecular weight excluding hydrogens is 446 g/mol. The molecule has 1 aliphatic heterocycles. The molecule has 3 aromatic rings. The molecule has 1 N–H and O–H groups in total. The van der Waals surface area contributed by atoms with Gasteiger partial charge in [0.1, 0.15) is 0 Å². The summed E-state index contributed by atoms with van der Waals surface area (Å²) >= 11 is 0. The zero-order valence-electron chi connectivity index (χ0n) is 19.9. The van der Waals surface area contributed by atoms with E-state index in [4.69, 9.17) is 0 Å². The molecule has 2 aromatic carbocycles. The number of hydrogen-bond acceptors (Lipinski definition) is 4. The Morgan fingerprint density at radius 3 is 2.35 bits per heavy atom. The Kier molecular flexibility index (Phi) is 6.86. The van der Waals surface area contributed by atoms with E-state index in [-0.39, 0.29) is 28.8 Å². The Labute approximate surface area is 202 Å². The van der Waals surface area contributed by atoms with Crippen LogP contribution in [-0.4, -0.2) is 30.8 Å². The number of nitrogens with zero attached hydrogens (tertiary/aromatic N) is 2. The minimum absolute atomic E-state index is 0.00939. The maximum absolute atomic E-state index is 13.1. The maximum atomic E-state index is 13.1. The smallest absolute Gasteiger partial charge is 0.254 e. The summed E-state index contributed by atoms with van der Waals surface area (Å²) in [6, 6.07) is 19.9. The lowest BCUT2D eigenvalue weighted by molar-refractivity contribution is 0.0733. The standard InChI is InChI=1S/C27H31N3O3S/c1-27(2,3)22-13-15-23(16-14-22)34(32,33)29-19-20-9-11-21(12-10-20)26(31)30-18-6-8-25(30)24-7-4-5-17-28-24/h4-5,7,9-17,25,29H,6,8,18-19H2,1-3H3. The van der Waals surface area contributed by atoms with E-state index in [2.05, 4.69) is 30.5 Å². The predicted octanol–water partition coefficient (Wildman–Crippen LogP) is 4.83. The highest BCUT2D eigenvalue weighted by molar-refractivity contribution is 7.89. The van der Waals surface area contributed by atoms with Crippen molar-refractivity contribution >= 4 is 15.9 Å². The second-order valence-corrected chi connectivity index (χ2v) is 11.5. The normalized spacial score (nSPS) is 16.6. The number of pyridine rings is 1. The fourth-order valence-electron chi connectivity index (χ4n) is 4.22. The van der Waals surface area contributed by atoms with Crippen molar-refractivity contribution < 1.29 is 13.2 Å². The molecule has 178 valence electrons.